The van der Waals surface area contributed by atoms with E-state index in [2.05, 4.69) is 30.9 Å². The van der Waals surface area contributed by atoms with Crippen LogP contribution in [0.1, 0.15) is 24.4 Å². The number of nitrogens with one attached hydrogen (secondary N) is 1. The molecule has 0 radical (unpaired) electrons. The molecule has 0 amide bonds. The van der Waals surface area contributed by atoms with Gasteiger partial charge in [-0.15, -0.1) is 0 Å². The van der Waals surface area contributed by atoms with Crippen LogP contribution >= 0.6 is 15.9 Å². The molecule has 3 aromatic rings. The third-order valence-electron chi connectivity index (χ3n) is 3.80. The molecule has 1 aliphatic rings. The van der Waals surface area contributed by atoms with Crippen molar-refractivity contribution >= 4 is 33.1 Å². The van der Waals surface area contributed by atoms with E-state index in [1.807, 2.05) is 12.1 Å². The van der Waals surface area contributed by atoms with Gasteiger partial charge in [0.1, 0.15) is 5.82 Å². The molecular formula is C17H14BrN3O4. The number of carbonyl (C=O) groups excluding carboxylic acids is 1. The predicted molar refractivity (Wildman–Crippen MR) is 92.4 cm³/mol. The Morgan fingerprint density at radius 1 is 1.36 bits per heavy atom. The number of carbonyl (C=O) groups is 1. The maximum atomic E-state index is 12.2. The van der Waals surface area contributed by atoms with Gasteiger partial charge in [-0.3, -0.25) is 4.79 Å². The van der Waals surface area contributed by atoms with E-state index in [0.717, 1.165) is 15.6 Å². The quantitative estimate of drug-likeness (QED) is 0.672. The van der Waals surface area contributed by atoms with E-state index in [1.165, 1.54) is 0 Å². The molecular weight excluding hydrogens is 390 g/mol. The van der Waals surface area contributed by atoms with E-state index in [9.17, 15) is 4.79 Å². The fourth-order valence-corrected chi connectivity index (χ4v) is 2.93. The first-order valence-electron chi connectivity index (χ1n) is 7.67. The molecule has 0 aliphatic carbocycles. The number of halogens is 1. The number of imidazole rings is 1. The van der Waals surface area contributed by atoms with Gasteiger partial charge in [-0.05, 0) is 46.6 Å². The van der Waals surface area contributed by atoms with Crippen molar-refractivity contribution < 1.29 is 19.0 Å². The molecule has 3 heterocycles. The summed E-state index contributed by atoms with van der Waals surface area (Å²) >= 11 is 3.36. The van der Waals surface area contributed by atoms with Crippen LogP contribution in [-0.2, 0) is 16.0 Å². The summed E-state index contributed by atoms with van der Waals surface area (Å²) in [4.78, 5) is 23.9. The number of rotatable bonds is 4. The Labute approximate surface area is 151 Å². The molecule has 1 atom stereocenters. The second-order valence-electron chi connectivity index (χ2n) is 5.64. The number of pyridine rings is 1. The number of H-pyrrole nitrogens is 1. The van der Waals surface area contributed by atoms with Gasteiger partial charge < -0.3 is 19.2 Å². The maximum Gasteiger partial charge on any atom is 0.310 e. The van der Waals surface area contributed by atoms with Crippen LogP contribution in [0, 0.1) is 0 Å². The Bertz CT molecular complexity index is 956. The van der Waals surface area contributed by atoms with E-state index in [1.54, 1.807) is 25.3 Å². The van der Waals surface area contributed by atoms with Crippen molar-refractivity contribution in [2.45, 2.75) is 19.4 Å². The number of ether oxygens (including phenoxy) is 3. The van der Waals surface area contributed by atoms with E-state index >= 15 is 0 Å². The van der Waals surface area contributed by atoms with E-state index in [4.69, 9.17) is 14.2 Å². The van der Waals surface area contributed by atoms with Gasteiger partial charge in [-0.2, -0.15) is 0 Å². The number of fused-ring (bicyclic) bond motifs is 2. The Kier molecular flexibility index (Phi) is 4.04. The summed E-state index contributed by atoms with van der Waals surface area (Å²) in [5, 5.41) is 0. The Hall–Kier alpha value is -2.61. The van der Waals surface area contributed by atoms with E-state index in [-0.39, 0.29) is 19.2 Å². The second kappa shape index (κ2) is 6.36. The number of hydrogen-bond donors (Lipinski definition) is 1. The lowest BCUT2D eigenvalue weighted by Gasteiger charge is -2.11. The molecule has 0 saturated carbocycles. The number of esters is 1. The van der Waals surface area contributed by atoms with Crippen molar-refractivity contribution in [1.29, 1.82) is 0 Å². The van der Waals surface area contributed by atoms with Crippen LogP contribution in [0.25, 0.3) is 11.2 Å². The summed E-state index contributed by atoms with van der Waals surface area (Å²) in [6, 6.07) is 7.27. The van der Waals surface area contributed by atoms with Crippen molar-refractivity contribution in [2.24, 2.45) is 0 Å². The molecule has 8 heteroatoms. The molecule has 0 unspecified atom stereocenters. The maximum absolute atomic E-state index is 12.2. The number of aromatic nitrogens is 3. The largest absolute Gasteiger partial charge is 0.454 e. The number of nitrogens with zero attached hydrogens (tertiary/aromatic N) is 2. The summed E-state index contributed by atoms with van der Waals surface area (Å²) in [5.41, 5.74) is 2.16. The highest BCUT2D eigenvalue weighted by atomic mass is 79.9. The van der Waals surface area contributed by atoms with Crippen molar-refractivity contribution in [3.05, 3.63) is 46.3 Å². The molecule has 0 bridgehead atoms. The summed E-state index contributed by atoms with van der Waals surface area (Å²) in [6.45, 7) is 1.97. The molecule has 0 fully saturated rings. The number of benzene rings is 1. The zero-order valence-corrected chi connectivity index (χ0v) is 14.9. The lowest BCUT2D eigenvalue weighted by molar-refractivity contribution is -0.148. The molecule has 2 aromatic heterocycles. The molecule has 1 aromatic carbocycles. The Balaban J connectivity index is 1.44. The Morgan fingerprint density at radius 3 is 3.08 bits per heavy atom. The van der Waals surface area contributed by atoms with Gasteiger partial charge in [0, 0.05) is 10.7 Å². The minimum absolute atomic E-state index is 0.144. The van der Waals surface area contributed by atoms with Gasteiger partial charge in [0.25, 0.3) is 0 Å². The van der Waals surface area contributed by atoms with Gasteiger partial charge in [-0.1, -0.05) is 6.07 Å². The third kappa shape index (κ3) is 3.30. The zero-order chi connectivity index (χ0) is 17.4. The van der Waals surface area contributed by atoms with Crippen LogP contribution < -0.4 is 9.47 Å². The average molecular weight is 404 g/mol. The van der Waals surface area contributed by atoms with Gasteiger partial charge >= 0.3 is 5.97 Å². The van der Waals surface area contributed by atoms with E-state index < -0.39 is 6.10 Å². The summed E-state index contributed by atoms with van der Waals surface area (Å²) in [7, 11) is 0. The predicted octanol–water partition coefficient (Wildman–Crippen LogP) is 3.30. The highest BCUT2D eigenvalue weighted by molar-refractivity contribution is 9.10. The lowest BCUT2D eigenvalue weighted by Crippen LogP contribution is -2.12. The summed E-state index contributed by atoms with van der Waals surface area (Å²) in [6.07, 6.45) is 1.31. The summed E-state index contributed by atoms with van der Waals surface area (Å²) < 4.78 is 16.9. The van der Waals surface area contributed by atoms with Gasteiger partial charge in [0.15, 0.2) is 23.3 Å². The van der Waals surface area contributed by atoms with Gasteiger partial charge in [-0.25, -0.2) is 9.97 Å². The minimum Gasteiger partial charge on any atom is -0.454 e. The molecule has 4 rings (SSSR count). The SMILES string of the molecule is C[C@@H](OC(=O)Cc1ccc2c(c1)OCO2)c1nc2ncc(Br)cc2[nH]1. The topological polar surface area (TPSA) is 86.3 Å². The average Bonchev–Trinajstić information content (AvgIpc) is 3.20. The van der Waals surface area contributed by atoms with Crippen molar-refractivity contribution in [1.82, 2.24) is 15.0 Å². The highest BCUT2D eigenvalue weighted by Gasteiger charge is 2.18. The molecule has 0 spiro atoms. The Morgan fingerprint density at radius 2 is 2.20 bits per heavy atom. The van der Waals surface area contributed by atoms with E-state index in [0.29, 0.717) is 23.0 Å². The minimum atomic E-state index is -0.505. The monoisotopic (exact) mass is 403 g/mol. The molecule has 25 heavy (non-hydrogen) atoms. The van der Waals surface area contributed by atoms with Crippen molar-refractivity contribution in [2.75, 3.05) is 6.79 Å². The lowest BCUT2D eigenvalue weighted by atomic mass is 10.1. The number of aromatic amines is 1. The molecule has 7 nitrogen and oxygen atoms in total. The summed E-state index contributed by atoms with van der Waals surface area (Å²) in [5.74, 6) is 1.54. The fraction of sp³-hybridized carbons (Fsp3) is 0.235. The highest BCUT2D eigenvalue weighted by Crippen LogP contribution is 2.32. The number of hydrogen-bond acceptors (Lipinski definition) is 6. The smallest absolute Gasteiger partial charge is 0.310 e. The normalized spacial score (nSPS) is 13.8. The fourth-order valence-electron chi connectivity index (χ4n) is 2.60. The van der Waals surface area contributed by atoms with Gasteiger partial charge in [0.2, 0.25) is 6.79 Å². The molecule has 128 valence electrons. The standard InChI is InChI=1S/C17H14BrN3O4/c1-9(16-20-12-6-11(18)7-19-17(12)21-16)25-15(22)5-10-2-3-13-14(4-10)24-8-23-13/h2-4,6-7,9H,5,8H2,1H3,(H,19,20,21)/t9-/m1/s1. The van der Waals surface area contributed by atoms with Gasteiger partial charge in [0.05, 0.1) is 11.9 Å². The first kappa shape index (κ1) is 15.9. The van der Waals surface area contributed by atoms with Crippen LogP contribution in [-0.4, -0.2) is 27.7 Å². The van der Waals surface area contributed by atoms with Crippen LogP contribution in [0.2, 0.25) is 0 Å². The first-order chi connectivity index (χ1) is 12.1. The molecule has 0 saturated heterocycles. The molecule has 1 aliphatic heterocycles. The van der Waals surface area contributed by atoms with Crippen molar-refractivity contribution in [3.63, 3.8) is 0 Å². The van der Waals surface area contributed by atoms with Crippen LogP contribution in [0.3, 0.4) is 0 Å². The van der Waals surface area contributed by atoms with Crippen LogP contribution in [0.5, 0.6) is 11.5 Å². The van der Waals surface area contributed by atoms with Crippen molar-refractivity contribution in [3.8, 4) is 11.5 Å². The van der Waals surface area contributed by atoms with Crippen LogP contribution in [0.4, 0.5) is 0 Å². The third-order valence-corrected chi connectivity index (χ3v) is 4.23. The molecule has 1 N–H and O–H groups in total. The first-order valence-corrected chi connectivity index (χ1v) is 8.47. The van der Waals surface area contributed by atoms with Crippen LogP contribution in [0.15, 0.2) is 34.9 Å². The zero-order valence-electron chi connectivity index (χ0n) is 13.3. The second-order valence-corrected chi connectivity index (χ2v) is 6.56.